The van der Waals surface area contributed by atoms with E-state index in [9.17, 15) is 9.59 Å². The van der Waals surface area contributed by atoms with Crippen molar-refractivity contribution < 1.29 is 0 Å². The van der Waals surface area contributed by atoms with Crippen molar-refractivity contribution in [2.24, 2.45) is 0 Å². The van der Waals surface area contributed by atoms with Gasteiger partial charge in [-0.2, -0.15) is 0 Å². The molecule has 0 amide bonds. The Hall–Kier alpha value is -3.00. The second-order valence-corrected chi connectivity index (χ2v) is 7.19. The van der Waals surface area contributed by atoms with Crippen molar-refractivity contribution in [3.8, 4) is 0 Å². The Kier molecular flexibility index (Phi) is 1.57. The Balaban J connectivity index is 2.09. The third-order valence-electron chi connectivity index (χ3n) is 6.17. The smallest absolute Gasteiger partial charge is 0.234 e. The van der Waals surface area contributed by atoms with Crippen LogP contribution in [0.1, 0.15) is 22.3 Å². The van der Waals surface area contributed by atoms with Crippen LogP contribution in [0.15, 0.2) is 46.0 Å². The van der Waals surface area contributed by atoms with Crippen molar-refractivity contribution in [3.05, 3.63) is 79.1 Å². The highest BCUT2D eigenvalue weighted by molar-refractivity contribution is 6.37. The van der Waals surface area contributed by atoms with Crippen LogP contribution in [0.4, 0.5) is 0 Å². The van der Waals surface area contributed by atoms with E-state index in [4.69, 9.17) is 0 Å². The number of rotatable bonds is 0. The van der Waals surface area contributed by atoms with E-state index in [1.807, 2.05) is 24.3 Å². The molecule has 0 unspecified atom stereocenters. The van der Waals surface area contributed by atoms with E-state index in [2.05, 4.69) is 12.1 Å². The van der Waals surface area contributed by atoms with Gasteiger partial charge >= 0.3 is 0 Å². The van der Waals surface area contributed by atoms with Crippen LogP contribution in [0.5, 0.6) is 0 Å². The predicted octanol–water partition coefficient (Wildman–Crippen LogP) is 3.70. The van der Waals surface area contributed by atoms with Gasteiger partial charge in [0.1, 0.15) is 0 Å². The van der Waals surface area contributed by atoms with Crippen LogP contribution in [0.3, 0.4) is 0 Å². The molecule has 0 fully saturated rings. The van der Waals surface area contributed by atoms with Crippen LogP contribution in [-0.2, 0) is 12.8 Å². The number of hydrogen-bond donors (Lipinski definition) is 0. The Morgan fingerprint density at radius 2 is 0.792 bits per heavy atom. The SMILES string of the molecule is O=c1c(=O)c2ccc3c4c5c(ccc6c5c5c(ccc1c5c24)C6)C3. The molecule has 7 rings (SSSR count). The van der Waals surface area contributed by atoms with Crippen LogP contribution in [0.25, 0.3) is 43.1 Å². The molecule has 5 aromatic carbocycles. The molecule has 2 aliphatic rings. The van der Waals surface area contributed by atoms with Crippen molar-refractivity contribution in [1.82, 2.24) is 0 Å². The Bertz CT molecular complexity index is 1410. The molecule has 2 heteroatoms. The highest BCUT2D eigenvalue weighted by atomic mass is 16.2. The van der Waals surface area contributed by atoms with Crippen molar-refractivity contribution in [1.29, 1.82) is 0 Å². The van der Waals surface area contributed by atoms with Gasteiger partial charge in [0.15, 0.2) is 0 Å². The maximum atomic E-state index is 12.7. The lowest BCUT2D eigenvalue weighted by Gasteiger charge is -2.12. The fraction of sp³-hybridized carbons (Fsp3) is 0.0909. The Labute approximate surface area is 135 Å². The molecule has 0 atom stereocenters. The van der Waals surface area contributed by atoms with Crippen LogP contribution in [-0.4, -0.2) is 0 Å². The number of benzene rings is 5. The van der Waals surface area contributed by atoms with Gasteiger partial charge in [-0.25, -0.2) is 0 Å². The minimum atomic E-state index is -0.355. The molecule has 2 aliphatic carbocycles. The summed E-state index contributed by atoms with van der Waals surface area (Å²) in [6, 6.07) is 12.3. The summed E-state index contributed by atoms with van der Waals surface area (Å²) < 4.78 is 0. The molecule has 2 nitrogen and oxygen atoms in total. The summed E-state index contributed by atoms with van der Waals surface area (Å²) >= 11 is 0. The van der Waals surface area contributed by atoms with E-state index in [-0.39, 0.29) is 10.9 Å². The normalized spacial score (nSPS) is 14.7. The lowest BCUT2D eigenvalue weighted by molar-refractivity contribution is 1.24. The Morgan fingerprint density at radius 1 is 0.458 bits per heavy atom. The molecule has 0 N–H and O–H groups in total. The fourth-order valence-corrected chi connectivity index (χ4v) is 5.26. The summed E-state index contributed by atoms with van der Waals surface area (Å²) in [6.45, 7) is 0. The molecule has 24 heavy (non-hydrogen) atoms. The van der Waals surface area contributed by atoms with Crippen LogP contribution in [0, 0.1) is 0 Å². The van der Waals surface area contributed by atoms with Gasteiger partial charge in [0.2, 0.25) is 10.9 Å². The standard InChI is InChI=1S/C22H10O2/c23-21-13-5-3-11-7-9-1-2-10-8-12-4-6-14(22(21)24)20-18(12)16(10)15(9)17(11)19(13)20/h1-6H,7-8H2. The summed E-state index contributed by atoms with van der Waals surface area (Å²) in [7, 11) is 0. The molecule has 110 valence electrons. The molecule has 0 radical (unpaired) electrons. The monoisotopic (exact) mass is 306 g/mol. The molecule has 0 saturated heterocycles. The van der Waals surface area contributed by atoms with Gasteiger partial charge in [-0.05, 0) is 68.8 Å². The van der Waals surface area contributed by atoms with E-state index in [1.54, 1.807) is 0 Å². The predicted molar refractivity (Wildman–Crippen MR) is 97.0 cm³/mol. The minimum absolute atomic E-state index is 0.355. The molecule has 0 aliphatic heterocycles. The summed E-state index contributed by atoms with van der Waals surface area (Å²) in [5, 5.41) is 8.31. The van der Waals surface area contributed by atoms with Gasteiger partial charge < -0.3 is 0 Å². The van der Waals surface area contributed by atoms with E-state index in [0.29, 0.717) is 10.8 Å². The summed E-state index contributed by atoms with van der Waals surface area (Å²) in [4.78, 5) is 25.3. The molecular weight excluding hydrogens is 296 g/mol. The molecule has 0 bridgehead atoms. The molecule has 5 aromatic rings. The molecular formula is C22H10O2. The lowest BCUT2D eigenvalue weighted by atomic mass is 9.89. The fourth-order valence-electron chi connectivity index (χ4n) is 5.26. The Morgan fingerprint density at radius 3 is 1.21 bits per heavy atom. The van der Waals surface area contributed by atoms with Gasteiger partial charge in [0.05, 0.1) is 0 Å². The van der Waals surface area contributed by atoms with Gasteiger partial charge in [0, 0.05) is 21.5 Å². The van der Waals surface area contributed by atoms with Gasteiger partial charge in [-0.15, -0.1) is 0 Å². The molecule has 0 heterocycles. The largest absolute Gasteiger partial charge is 0.285 e. The van der Waals surface area contributed by atoms with Gasteiger partial charge in [-0.3, -0.25) is 9.59 Å². The summed E-state index contributed by atoms with van der Waals surface area (Å²) in [6.07, 6.45) is 1.85. The summed E-state index contributed by atoms with van der Waals surface area (Å²) in [5.41, 5.74) is 4.56. The van der Waals surface area contributed by atoms with E-state index < -0.39 is 0 Å². The first-order valence-corrected chi connectivity index (χ1v) is 8.30. The van der Waals surface area contributed by atoms with Crippen molar-refractivity contribution in [2.45, 2.75) is 12.8 Å². The molecule has 0 aromatic heterocycles. The first kappa shape index (κ1) is 11.5. The zero-order chi connectivity index (χ0) is 15.7. The zero-order valence-corrected chi connectivity index (χ0v) is 12.7. The van der Waals surface area contributed by atoms with E-state index >= 15 is 0 Å². The van der Waals surface area contributed by atoms with Gasteiger partial charge in [-0.1, -0.05) is 24.3 Å². The maximum absolute atomic E-state index is 12.7. The third kappa shape index (κ3) is 0.962. The highest BCUT2D eigenvalue weighted by Crippen LogP contribution is 2.50. The van der Waals surface area contributed by atoms with E-state index in [1.165, 1.54) is 43.8 Å². The van der Waals surface area contributed by atoms with Crippen LogP contribution >= 0.6 is 0 Å². The van der Waals surface area contributed by atoms with Crippen molar-refractivity contribution in [2.75, 3.05) is 0 Å². The molecule has 0 spiro atoms. The average Bonchev–Trinajstić information content (AvgIpc) is 3.16. The maximum Gasteiger partial charge on any atom is 0.234 e. The minimum Gasteiger partial charge on any atom is -0.285 e. The quantitative estimate of drug-likeness (QED) is 0.243. The topological polar surface area (TPSA) is 34.1 Å². The first-order valence-electron chi connectivity index (χ1n) is 8.30. The van der Waals surface area contributed by atoms with Crippen molar-refractivity contribution >= 4 is 43.1 Å². The average molecular weight is 306 g/mol. The second-order valence-electron chi connectivity index (χ2n) is 7.19. The number of hydrogen-bond acceptors (Lipinski definition) is 2. The zero-order valence-electron chi connectivity index (χ0n) is 12.7. The second kappa shape index (κ2) is 3.27. The molecule has 0 saturated carbocycles. The van der Waals surface area contributed by atoms with E-state index in [0.717, 1.165) is 23.6 Å². The van der Waals surface area contributed by atoms with Crippen LogP contribution in [0.2, 0.25) is 0 Å². The highest BCUT2D eigenvalue weighted by Gasteiger charge is 2.29. The van der Waals surface area contributed by atoms with Crippen LogP contribution < -0.4 is 10.9 Å². The van der Waals surface area contributed by atoms with Gasteiger partial charge in [0.25, 0.3) is 0 Å². The first-order chi connectivity index (χ1) is 11.7. The lowest BCUT2D eigenvalue weighted by Crippen LogP contribution is -2.24. The van der Waals surface area contributed by atoms with Crippen molar-refractivity contribution in [3.63, 3.8) is 0 Å². The third-order valence-corrected chi connectivity index (χ3v) is 6.17. The summed E-state index contributed by atoms with van der Waals surface area (Å²) in [5.74, 6) is 0.